The van der Waals surface area contributed by atoms with E-state index in [0.717, 1.165) is 33.5 Å². The molecule has 4 rings (SSSR count). The Bertz CT molecular complexity index is 1320. The molecule has 0 aliphatic heterocycles. The number of rotatable bonds is 8. The van der Waals surface area contributed by atoms with E-state index in [9.17, 15) is 9.59 Å². The van der Waals surface area contributed by atoms with Gasteiger partial charge in [0.15, 0.2) is 5.16 Å². The molecule has 1 aromatic heterocycles. The minimum Gasteiger partial charge on any atom is -0.324 e. The van der Waals surface area contributed by atoms with Gasteiger partial charge in [-0.25, -0.2) is 4.98 Å². The monoisotopic (exact) mass is 472 g/mol. The van der Waals surface area contributed by atoms with Gasteiger partial charge in [0.1, 0.15) is 6.54 Å². The molecule has 0 fully saturated rings. The first-order valence-electron chi connectivity index (χ1n) is 11.3. The van der Waals surface area contributed by atoms with Gasteiger partial charge in [-0.05, 0) is 56.7 Å². The standard InChI is InChI=1S/C27H28N4O2S/c1-4-30(21-10-6-5-7-11-21)26(33)18-34-27-29-23-12-8-9-13-24(23)31(27)17-25(32)28-22-15-14-19(2)16-20(22)3/h5-16H,4,17-18H2,1-3H3,(H,28,32). The maximum Gasteiger partial charge on any atom is 0.244 e. The number of thioether (sulfide) groups is 1. The van der Waals surface area contributed by atoms with Crippen LogP contribution < -0.4 is 10.2 Å². The minimum atomic E-state index is -0.136. The maximum absolute atomic E-state index is 13.0. The van der Waals surface area contributed by atoms with E-state index >= 15 is 0 Å². The molecule has 0 saturated heterocycles. The number of amides is 2. The van der Waals surface area contributed by atoms with Crippen LogP contribution in [-0.4, -0.2) is 33.7 Å². The highest BCUT2D eigenvalue weighted by atomic mass is 32.2. The van der Waals surface area contributed by atoms with E-state index in [1.807, 2.05) is 98.1 Å². The second-order valence-electron chi connectivity index (χ2n) is 8.10. The van der Waals surface area contributed by atoms with Crippen LogP contribution >= 0.6 is 11.8 Å². The van der Waals surface area contributed by atoms with E-state index in [-0.39, 0.29) is 24.1 Å². The van der Waals surface area contributed by atoms with Crippen LogP contribution in [0.2, 0.25) is 0 Å². The molecule has 0 radical (unpaired) electrons. The topological polar surface area (TPSA) is 67.2 Å². The van der Waals surface area contributed by atoms with Gasteiger partial charge in [0, 0.05) is 17.9 Å². The van der Waals surface area contributed by atoms with Crippen LogP contribution in [0.5, 0.6) is 0 Å². The van der Waals surface area contributed by atoms with Crippen LogP contribution in [-0.2, 0) is 16.1 Å². The van der Waals surface area contributed by atoms with Crippen LogP contribution in [0.4, 0.5) is 11.4 Å². The Balaban J connectivity index is 1.53. The molecule has 0 saturated carbocycles. The number of carbonyl (C=O) groups excluding carboxylic acids is 2. The molecular weight excluding hydrogens is 444 g/mol. The highest BCUT2D eigenvalue weighted by molar-refractivity contribution is 7.99. The summed E-state index contributed by atoms with van der Waals surface area (Å²) in [5.74, 6) is 0.0878. The zero-order valence-electron chi connectivity index (χ0n) is 19.6. The highest BCUT2D eigenvalue weighted by Gasteiger charge is 2.19. The number of imidazole rings is 1. The lowest BCUT2D eigenvalue weighted by molar-refractivity contribution is -0.117. The van der Waals surface area contributed by atoms with E-state index in [1.54, 1.807) is 4.90 Å². The summed E-state index contributed by atoms with van der Waals surface area (Å²) in [5.41, 5.74) is 5.50. The number of para-hydroxylation sites is 3. The molecule has 174 valence electrons. The molecule has 4 aromatic rings. The molecule has 0 bridgehead atoms. The van der Waals surface area contributed by atoms with Gasteiger partial charge in [0.2, 0.25) is 11.8 Å². The molecule has 7 heteroatoms. The summed E-state index contributed by atoms with van der Waals surface area (Å²) in [5, 5.41) is 3.66. The van der Waals surface area contributed by atoms with Gasteiger partial charge in [-0.3, -0.25) is 9.59 Å². The summed E-state index contributed by atoms with van der Waals surface area (Å²) in [4.78, 5) is 32.4. The summed E-state index contributed by atoms with van der Waals surface area (Å²) < 4.78 is 1.88. The fourth-order valence-corrected chi connectivity index (χ4v) is 4.81. The molecule has 0 aliphatic carbocycles. The quantitative estimate of drug-likeness (QED) is 0.347. The zero-order chi connectivity index (χ0) is 24.1. The second-order valence-corrected chi connectivity index (χ2v) is 9.04. The Labute approximate surface area is 204 Å². The van der Waals surface area contributed by atoms with E-state index in [1.165, 1.54) is 11.8 Å². The highest BCUT2D eigenvalue weighted by Crippen LogP contribution is 2.26. The Morgan fingerprint density at radius 1 is 1.00 bits per heavy atom. The molecule has 34 heavy (non-hydrogen) atoms. The number of aromatic nitrogens is 2. The summed E-state index contributed by atoms with van der Waals surface area (Å²) >= 11 is 1.35. The first-order valence-corrected chi connectivity index (χ1v) is 12.3. The number of nitrogens with one attached hydrogen (secondary N) is 1. The van der Waals surface area contributed by atoms with E-state index in [2.05, 4.69) is 5.32 Å². The maximum atomic E-state index is 13.0. The minimum absolute atomic E-state index is 0.00274. The third kappa shape index (κ3) is 5.31. The van der Waals surface area contributed by atoms with Gasteiger partial charge in [0.05, 0.1) is 16.8 Å². The number of carbonyl (C=O) groups is 2. The molecule has 1 N–H and O–H groups in total. The molecule has 0 spiro atoms. The van der Waals surface area contributed by atoms with Gasteiger partial charge < -0.3 is 14.8 Å². The zero-order valence-corrected chi connectivity index (χ0v) is 20.4. The Morgan fingerprint density at radius 3 is 2.47 bits per heavy atom. The first-order chi connectivity index (χ1) is 16.5. The molecule has 6 nitrogen and oxygen atoms in total. The van der Waals surface area contributed by atoms with Crippen molar-refractivity contribution in [3.63, 3.8) is 0 Å². The molecule has 0 atom stereocenters. The lowest BCUT2D eigenvalue weighted by Gasteiger charge is -2.20. The van der Waals surface area contributed by atoms with Crippen LogP contribution in [0.25, 0.3) is 11.0 Å². The predicted octanol–water partition coefficient (Wildman–Crippen LogP) is 5.44. The van der Waals surface area contributed by atoms with Crippen LogP contribution in [0.3, 0.4) is 0 Å². The molecule has 1 heterocycles. The van der Waals surface area contributed by atoms with Crippen molar-refractivity contribution in [1.29, 1.82) is 0 Å². The van der Waals surface area contributed by atoms with E-state index in [4.69, 9.17) is 4.98 Å². The average Bonchev–Trinajstić information content (AvgIpc) is 3.18. The van der Waals surface area contributed by atoms with Crippen molar-refractivity contribution >= 4 is 46.0 Å². The summed E-state index contributed by atoms with van der Waals surface area (Å²) in [6.07, 6.45) is 0. The first kappa shape index (κ1) is 23.6. The second kappa shape index (κ2) is 10.6. The SMILES string of the molecule is CCN(C(=O)CSc1nc2ccccc2n1CC(=O)Nc1ccc(C)cc1C)c1ccccc1. The Kier molecular flexibility index (Phi) is 7.33. The van der Waals surface area contributed by atoms with Gasteiger partial charge in [-0.2, -0.15) is 0 Å². The lowest BCUT2D eigenvalue weighted by Crippen LogP contribution is -2.32. The molecule has 0 unspecified atom stereocenters. The fourth-order valence-electron chi connectivity index (χ4n) is 3.92. The number of fused-ring (bicyclic) bond motifs is 1. The van der Waals surface area contributed by atoms with Crippen LogP contribution in [0.1, 0.15) is 18.1 Å². The van der Waals surface area contributed by atoms with Crippen LogP contribution in [0.15, 0.2) is 78.0 Å². The summed E-state index contributed by atoms with van der Waals surface area (Å²) in [6, 6.07) is 23.3. The van der Waals surface area contributed by atoms with Crippen molar-refractivity contribution in [2.75, 3.05) is 22.5 Å². The van der Waals surface area contributed by atoms with Crippen LogP contribution in [0, 0.1) is 13.8 Å². The van der Waals surface area contributed by atoms with Crippen molar-refractivity contribution in [1.82, 2.24) is 9.55 Å². The normalized spacial score (nSPS) is 10.9. The fraction of sp³-hybridized carbons (Fsp3) is 0.222. The third-order valence-electron chi connectivity index (χ3n) is 5.59. The Morgan fingerprint density at radius 2 is 1.74 bits per heavy atom. The van der Waals surface area contributed by atoms with Crippen molar-refractivity contribution in [3.05, 3.63) is 83.9 Å². The number of anilines is 2. The molecule has 3 aromatic carbocycles. The average molecular weight is 473 g/mol. The van der Waals surface area contributed by atoms with Gasteiger partial charge >= 0.3 is 0 Å². The molecular formula is C27H28N4O2S. The van der Waals surface area contributed by atoms with E-state index in [0.29, 0.717) is 11.7 Å². The molecule has 0 aliphatic rings. The Hall–Kier alpha value is -3.58. The number of nitrogens with zero attached hydrogens (tertiary/aromatic N) is 3. The van der Waals surface area contributed by atoms with Gasteiger partial charge in [-0.1, -0.05) is 59.8 Å². The predicted molar refractivity (Wildman–Crippen MR) is 139 cm³/mol. The van der Waals surface area contributed by atoms with Crippen molar-refractivity contribution in [2.45, 2.75) is 32.5 Å². The third-order valence-corrected chi connectivity index (χ3v) is 6.55. The van der Waals surface area contributed by atoms with Gasteiger partial charge in [0.25, 0.3) is 0 Å². The summed E-state index contributed by atoms with van der Waals surface area (Å²) in [7, 11) is 0. The smallest absolute Gasteiger partial charge is 0.244 e. The van der Waals surface area contributed by atoms with Gasteiger partial charge in [-0.15, -0.1) is 0 Å². The number of aryl methyl sites for hydroxylation is 2. The number of hydrogen-bond donors (Lipinski definition) is 1. The lowest BCUT2D eigenvalue weighted by atomic mass is 10.1. The van der Waals surface area contributed by atoms with Crippen molar-refractivity contribution < 1.29 is 9.59 Å². The van der Waals surface area contributed by atoms with Crippen molar-refractivity contribution in [3.8, 4) is 0 Å². The largest absolute Gasteiger partial charge is 0.324 e. The molecule has 2 amide bonds. The number of benzene rings is 3. The van der Waals surface area contributed by atoms with E-state index < -0.39 is 0 Å². The van der Waals surface area contributed by atoms with Crippen molar-refractivity contribution in [2.24, 2.45) is 0 Å². The summed E-state index contributed by atoms with van der Waals surface area (Å²) in [6.45, 7) is 6.66. The number of hydrogen-bond acceptors (Lipinski definition) is 4.